The maximum absolute atomic E-state index is 10.6. The molecule has 0 radical (unpaired) electrons. The summed E-state index contributed by atoms with van der Waals surface area (Å²) in [5, 5.41) is 15.8. The maximum Gasteiger partial charge on any atom is 0.335 e. The first-order valence-corrected chi connectivity index (χ1v) is 5.96. The summed E-state index contributed by atoms with van der Waals surface area (Å²) >= 11 is 0. The number of hydrogen-bond acceptors (Lipinski definition) is 4. The van der Waals surface area contributed by atoms with Gasteiger partial charge < -0.3 is 5.11 Å². The number of carbonyl (C=O) groups is 1. The van der Waals surface area contributed by atoms with Crippen molar-refractivity contribution in [2.75, 3.05) is 0 Å². The molecule has 0 amide bonds. The summed E-state index contributed by atoms with van der Waals surface area (Å²) in [4.78, 5) is 10.6. The normalized spacial score (nSPS) is 12.2. The van der Waals surface area contributed by atoms with E-state index in [1.807, 2.05) is 36.4 Å². The van der Waals surface area contributed by atoms with E-state index in [4.69, 9.17) is 5.11 Å². The molecule has 100 valence electrons. The summed E-state index contributed by atoms with van der Waals surface area (Å²) in [6, 6.07) is 12.7. The van der Waals surface area contributed by atoms with Crippen LogP contribution < -0.4 is 5.43 Å². The van der Waals surface area contributed by atoms with Gasteiger partial charge >= 0.3 is 5.97 Å². The second-order valence-corrected chi connectivity index (χ2v) is 3.91. The number of carboxylic acid groups (broad SMARTS) is 1. The van der Waals surface area contributed by atoms with E-state index in [0.717, 1.165) is 11.1 Å². The largest absolute Gasteiger partial charge is 0.478 e. The molecule has 0 bridgehead atoms. The van der Waals surface area contributed by atoms with Crippen molar-refractivity contribution in [2.24, 2.45) is 10.3 Å². The molecule has 0 atom stereocenters. The van der Waals surface area contributed by atoms with Crippen molar-refractivity contribution in [3.8, 4) is 11.1 Å². The number of carboxylic acids is 1. The highest BCUT2D eigenvalue weighted by molar-refractivity contribution is 5.88. The van der Waals surface area contributed by atoms with Crippen LogP contribution in [0.15, 0.2) is 77.4 Å². The SMILES string of the molecule is C1=CN=NNC=C1.O=C(O)c1ccc2cccc-2cc1. The number of fused-ring (bicyclic) bond motifs is 1. The summed E-state index contributed by atoms with van der Waals surface area (Å²) in [7, 11) is 0. The van der Waals surface area contributed by atoms with Crippen molar-refractivity contribution in [3.63, 3.8) is 0 Å². The molecule has 1 aliphatic heterocycles. The molecule has 0 aromatic heterocycles. The van der Waals surface area contributed by atoms with Crippen LogP contribution in [0.1, 0.15) is 10.4 Å². The third-order valence-electron chi connectivity index (χ3n) is 2.57. The summed E-state index contributed by atoms with van der Waals surface area (Å²) in [6.07, 6.45) is 6.92. The zero-order chi connectivity index (χ0) is 14.2. The average Bonchev–Trinajstić information content (AvgIpc) is 2.68. The van der Waals surface area contributed by atoms with E-state index in [9.17, 15) is 4.79 Å². The Bertz CT molecular complexity index is 603. The highest BCUT2D eigenvalue weighted by atomic mass is 16.4. The zero-order valence-corrected chi connectivity index (χ0v) is 10.6. The molecule has 20 heavy (non-hydrogen) atoms. The van der Waals surface area contributed by atoms with E-state index in [1.165, 1.54) is 0 Å². The molecule has 0 saturated heterocycles. The Morgan fingerprint density at radius 3 is 2.35 bits per heavy atom. The third-order valence-corrected chi connectivity index (χ3v) is 2.57. The molecule has 3 rings (SSSR count). The van der Waals surface area contributed by atoms with E-state index in [2.05, 4.69) is 15.8 Å². The predicted octanol–water partition coefficient (Wildman–Crippen LogP) is 3.47. The van der Waals surface area contributed by atoms with Gasteiger partial charge in [0.25, 0.3) is 0 Å². The predicted molar refractivity (Wildman–Crippen MR) is 76.3 cm³/mol. The Morgan fingerprint density at radius 1 is 1.00 bits per heavy atom. The molecular formula is C15H13N3O2. The third kappa shape index (κ3) is 3.78. The van der Waals surface area contributed by atoms with Gasteiger partial charge in [-0.15, -0.1) is 5.11 Å². The molecule has 0 saturated carbocycles. The van der Waals surface area contributed by atoms with Gasteiger partial charge in [0.2, 0.25) is 0 Å². The minimum atomic E-state index is -0.891. The van der Waals surface area contributed by atoms with Gasteiger partial charge in [0.1, 0.15) is 0 Å². The van der Waals surface area contributed by atoms with Crippen LogP contribution in [0.3, 0.4) is 0 Å². The van der Waals surface area contributed by atoms with Crippen LogP contribution in [0.4, 0.5) is 0 Å². The lowest BCUT2D eigenvalue weighted by Gasteiger charge is -1.85. The van der Waals surface area contributed by atoms with Gasteiger partial charge in [-0.1, -0.05) is 35.6 Å². The monoisotopic (exact) mass is 267 g/mol. The van der Waals surface area contributed by atoms with Crippen LogP contribution >= 0.6 is 0 Å². The van der Waals surface area contributed by atoms with E-state index in [1.54, 1.807) is 30.6 Å². The van der Waals surface area contributed by atoms with E-state index in [-0.39, 0.29) is 0 Å². The van der Waals surface area contributed by atoms with Crippen molar-refractivity contribution in [1.29, 1.82) is 0 Å². The van der Waals surface area contributed by atoms with Gasteiger partial charge in [-0.25, -0.2) is 4.79 Å². The van der Waals surface area contributed by atoms with Crippen molar-refractivity contribution in [2.45, 2.75) is 0 Å². The Hall–Kier alpha value is -2.95. The second-order valence-electron chi connectivity index (χ2n) is 3.91. The maximum atomic E-state index is 10.6. The van der Waals surface area contributed by atoms with Crippen LogP contribution in [0.25, 0.3) is 11.1 Å². The molecule has 3 aliphatic rings. The van der Waals surface area contributed by atoms with Crippen molar-refractivity contribution >= 4 is 5.97 Å². The lowest BCUT2D eigenvalue weighted by molar-refractivity contribution is 0.0697. The molecule has 0 aromatic carbocycles. The first kappa shape index (κ1) is 13.5. The van der Waals surface area contributed by atoms with Crippen LogP contribution in [0, 0.1) is 0 Å². The fraction of sp³-hybridized carbons (Fsp3) is 0. The van der Waals surface area contributed by atoms with Gasteiger partial charge in [-0.05, 0) is 35.4 Å². The molecule has 5 heteroatoms. The number of nitrogens with zero attached hydrogens (tertiary/aromatic N) is 2. The van der Waals surface area contributed by atoms with Gasteiger partial charge in [0, 0.05) is 6.20 Å². The topological polar surface area (TPSA) is 74.0 Å². The van der Waals surface area contributed by atoms with E-state index < -0.39 is 5.97 Å². The summed E-state index contributed by atoms with van der Waals surface area (Å²) in [5.41, 5.74) is 5.00. The van der Waals surface area contributed by atoms with Crippen LogP contribution in [0.2, 0.25) is 0 Å². The minimum absolute atomic E-state index is 0.316. The zero-order valence-electron chi connectivity index (χ0n) is 10.6. The fourth-order valence-corrected chi connectivity index (χ4v) is 1.60. The first-order valence-electron chi connectivity index (χ1n) is 5.96. The molecular weight excluding hydrogens is 254 g/mol. The lowest BCUT2D eigenvalue weighted by Crippen LogP contribution is -1.92. The molecule has 2 aliphatic carbocycles. The Labute approximate surface area is 116 Å². The Kier molecular flexibility index (Phi) is 4.61. The van der Waals surface area contributed by atoms with Crippen molar-refractivity contribution in [1.82, 2.24) is 5.43 Å². The summed E-state index contributed by atoms with van der Waals surface area (Å²) < 4.78 is 0. The molecule has 0 unspecified atom stereocenters. The average molecular weight is 267 g/mol. The minimum Gasteiger partial charge on any atom is -0.478 e. The van der Waals surface area contributed by atoms with Crippen LogP contribution in [0.5, 0.6) is 0 Å². The highest BCUT2D eigenvalue weighted by Crippen LogP contribution is 2.21. The number of allylic oxidation sites excluding steroid dienone is 2. The van der Waals surface area contributed by atoms with Gasteiger partial charge in [0.05, 0.1) is 11.8 Å². The smallest absolute Gasteiger partial charge is 0.335 e. The highest BCUT2D eigenvalue weighted by Gasteiger charge is 2.02. The molecule has 2 N–H and O–H groups in total. The lowest BCUT2D eigenvalue weighted by atomic mass is 10.2. The van der Waals surface area contributed by atoms with Crippen LogP contribution in [-0.2, 0) is 0 Å². The first-order chi connectivity index (χ1) is 9.77. The molecule has 0 spiro atoms. The quantitative estimate of drug-likeness (QED) is 0.830. The van der Waals surface area contributed by atoms with Gasteiger partial charge in [0.15, 0.2) is 0 Å². The molecule has 0 fully saturated rings. The molecule has 5 nitrogen and oxygen atoms in total. The summed E-state index contributed by atoms with van der Waals surface area (Å²) in [5.74, 6) is -0.891. The number of nitrogens with one attached hydrogen (secondary N) is 1. The number of aromatic carboxylic acids is 1. The van der Waals surface area contributed by atoms with Crippen LogP contribution in [-0.4, -0.2) is 11.1 Å². The number of hydrogen-bond donors (Lipinski definition) is 2. The van der Waals surface area contributed by atoms with Gasteiger partial charge in [-0.2, -0.15) is 0 Å². The second kappa shape index (κ2) is 6.84. The van der Waals surface area contributed by atoms with E-state index >= 15 is 0 Å². The van der Waals surface area contributed by atoms with Gasteiger partial charge in [-0.3, -0.25) is 5.43 Å². The van der Waals surface area contributed by atoms with E-state index in [0.29, 0.717) is 5.56 Å². The summed E-state index contributed by atoms with van der Waals surface area (Å²) in [6.45, 7) is 0. The van der Waals surface area contributed by atoms with Crippen molar-refractivity contribution < 1.29 is 9.90 Å². The fourth-order valence-electron chi connectivity index (χ4n) is 1.60. The number of rotatable bonds is 1. The standard InChI is InChI=1S/C11H8O2.C4H5N3/c12-11(13)10-6-4-8-2-1-3-9(8)5-7-10;1-2-4-6-7-5-3-1/h1-7H,(H,12,13);1-4H,(H,5,6). The molecule has 1 heterocycles. The molecule has 0 aromatic rings. The Balaban J connectivity index is 0.000000178. The van der Waals surface area contributed by atoms with Crippen molar-refractivity contribution in [3.05, 3.63) is 72.6 Å². The Morgan fingerprint density at radius 2 is 1.70 bits per heavy atom.